The summed E-state index contributed by atoms with van der Waals surface area (Å²) in [6.45, 7) is 0.885. The Bertz CT molecular complexity index is 550. The van der Waals surface area contributed by atoms with E-state index in [-0.39, 0.29) is 6.03 Å². The topological polar surface area (TPSA) is 44.4 Å². The zero-order valence-corrected chi connectivity index (χ0v) is 11.8. The minimum atomic E-state index is -0.239. The van der Waals surface area contributed by atoms with Gasteiger partial charge in [0.1, 0.15) is 0 Å². The van der Waals surface area contributed by atoms with Crippen molar-refractivity contribution in [3.8, 4) is 0 Å². The highest BCUT2D eigenvalue weighted by Crippen LogP contribution is 2.12. The van der Waals surface area contributed by atoms with Gasteiger partial charge in [0, 0.05) is 17.9 Å². The fourth-order valence-corrected chi connectivity index (χ4v) is 1.87. The Kier molecular flexibility index (Phi) is 4.74. The second-order valence-electron chi connectivity index (χ2n) is 4.88. The lowest BCUT2D eigenvalue weighted by molar-refractivity contribution is 0.262. The Morgan fingerprint density at radius 3 is 2.00 bits per heavy atom. The monoisotopic (exact) mass is 269 g/mol. The molecule has 0 radical (unpaired) electrons. The molecule has 4 nitrogen and oxygen atoms in total. The molecule has 0 saturated carbocycles. The van der Waals surface area contributed by atoms with Crippen LogP contribution < -0.4 is 10.6 Å². The van der Waals surface area contributed by atoms with Gasteiger partial charge in [0.05, 0.1) is 0 Å². The summed E-state index contributed by atoms with van der Waals surface area (Å²) in [7, 11) is 4.05. The van der Waals surface area contributed by atoms with Gasteiger partial charge in [0.15, 0.2) is 0 Å². The summed E-state index contributed by atoms with van der Waals surface area (Å²) < 4.78 is 0. The minimum Gasteiger partial charge on any atom is -0.308 e. The molecule has 2 amide bonds. The van der Waals surface area contributed by atoms with E-state index in [1.807, 2.05) is 68.7 Å². The van der Waals surface area contributed by atoms with Gasteiger partial charge in [-0.1, -0.05) is 30.3 Å². The predicted octanol–water partition coefficient (Wildman–Crippen LogP) is 3.39. The van der Waals surface area contributed by atoms with Gasteiger partial charge < -0.3 is 15.5 Å². The van der Waals surface area contributed by atoms with E-state index < -0.39 is 0 Å². The van der Waals surface area contributed by atoms with Gasteiger partial charge in [-0.15, -0.1) is 0 Å². The third kappa shape index (κ3) is 4.40. The number of anilines is 2. The van der Waals surface area contributed by atoms with Crippen LogP contribution in [0, 0.1) is 0 Å². The zero-order valence-electron chi connectivity index (χ0n) is 11.8. The van der Waals surface area contributed by atoms with Gasteiger partial charge in [-0.2, -0.15) is 0 Å². The first kappa shape index (κ1) is 14.1. The van der Waals surface area contributed by atoms with Crippen LogP contribution in [0.25, 0.3) is 0 Å². The number of hydrogen-bond donors (Lipinski definition) is 2. The summed E-state index contributed by atoms with van der Waals surface area (Å²) in [6.07, 6.45) is 0. The van der Waals surface area contributed by atoms with E-state index in [0.29, 0.717) is 0 Å². The quantitative estimate of drug-likeness (QED) is 0.893. The maximum atomic E-state index is 11.8. The highest BCUT2D eigenvalue weighted by molar-refractivity contribution is 5.99. The van der Waals surface area contributed by atoms with Crippen molar-refractivity contribution in [1.82, 2.24) is 4.90 Å². The van der Waals surface area contributed by atoms with E-state index in [9.17, 15) is 4.79 Å². The van der Waals surface area contributed by atoms with Crippen molar-refractivity contribution < 1.29 is 4.79 Å². The molecule has 0 aromatic heterocycles. The molecule has 2 aromatic carbocycles. The minimum absolute atomic E-state index is 0.239. The molecule has 4 heteroatoms. The molecule has 0 saturated heterocycles. The highest BCUT2D eigenvalue weighted by Gasteiger charge is 2.02. The van der Waals surface area contributed by atoms with E-state index in [4.69, 9.17) is 0 Å². The first-order chi connectivity index (χ1) is 9.63. The second-order valence-corrected chi connectivity index (χ2v) is 4.88. The van der Waals surface area contributed by atoms with Gasteiger partial charge in [-0.3, -0.25) is 0 Å². The number of nitrogens with zero attached hydrogens (tertiary/aromatic N) is 1. The molecular formula is C16H19N3O. The van der Waals surface area contributed by atoms with Crippen molar-refractivity contribution in [2.24, 2.45) is 0 Å². The van der Waals surface area contributed by atoms with Crippen LogP contribution in [0.3, 0.4) is 0 Å². The van der Waals surface area contributed by atoms with E-state index in [1.165, 1.54) is 5.56 Å². The van der Waals surface area contributed by atoms with Crippen LogP contribution in [0.2, 0.25) is 0 Å². The van der Waals surface area contributed by atoms with Crippen molar-refractivity contribution in [3.05, 3.63) is 60.2 Å². The number of amides is 2. The summed E-state index contributed by atoms with van der Waals surface area (Å²) in [5.74, 6) is 0. The van der Waals surface area contributed by atoms with Crippen molar-refractivity contribution in [1.29, 1.82) is 0 Å². The average molecular weight is 269 g/mol. The van der Waals surface area contributed by atoms with Gasteiger partial charge >= 0.3 is 6.03 Å². The number of urea groups is 1. The Labute approximate surface area is 119 Å². The number of carbonyl (C=O) groups excluding carboxylic acids is 1. The first-order valence-corrected chi connectivity index (χ1v) is 6.50. The maximum Gasteiger partial charge on any atom is 0.323 e. The van der Waals surface area contributed by atoms with Crippen LogP contribution in [0.15, 0.2) is 54.6 Å². The second kappa shape index (κ2) is 6.73. The molecule has 0 unspecified atom stereocenters. The predicted molar refractivity (Wildman–Crippen MR) is 82.9 cm³/mol. The number of carbonyl (C=O) groups is 1. The van der Waals surface area contributed by atoms with Gasteiger partial charge in [-0.05, 0) is 43.9 Å². The first-order valence-electron chi connectivity index (χ1n) is 6.50. The van der Waals surface area contributed by atoms with Crippen molar-refractivity contribution in [3.63, 3.8) is 0 Å². The van der Waals surface area contributed by atoms with E-state index >= 15 is 0 Å². The highest BCUT2D eigenvalue weighted by atomic mass is 16.2. The van der Waals surface area contributed by atoms with Crippen molar-refractivity contribution in [2.75, 3.05) is 24.7 Å². The molecule has 0 heterocycles. The van der Waals surface area contributed by atoms with Crippen LogP contribution in [-0.2, 0) is 6.54 Å². The van der Waals surface area contributed by atoms with E-state index in [1.54, 1.807) is 0 Å². The standard InChI is InChI=1S/C16H19N3O/c1-19(2)12-13-8-10-15(11-9-13)18-16(20)17-14-6-4-3-5-7-14/h3-11H,12H2,1-2H3,(H2,17,18,20). The largest absolute Gasteiger partial charge is 0.323 e. The summed E-state index contributed by atoms with van der Waals surface area (Å²) in [4.78, 5) is 13.9. The summed E-state index contributed by atoms with van der Waals surface area (Å²) in [6, 6.07) is 17.0. The lowest BCUT2D eigenvalue weighted by Crippen LogP contribution is -2.19. The molecule has 20 heavy (non-hydrogen) atoms. The zero-order chi connectivity index (χ0) is 14.4. The average Bonchev–Trinajstić information content (AvgIpc) is 2.41. The van der Waals surface area contributed by atoms with E-state index in [2.05, 4.69) is 15.5 Å². The number of benzene rings is 2. The Balaban J connectivity index is 1.91. The Morgan fingerprint density at radius 2 is 1.45 bits per heavy atom. The number of hydrogen-bond acceptors (Lipinski definition) is 2. The number of para-hydroxylation sites is 1. The Hall–Kier alpha value is -2.33. The molecule has 0 aliphatic rings. The smallest absolute Gasteiger partial charge is 0.308 e. The fourth-order valence-electron chi connectivity index (χ4n) is 1.87. The lowest BCUT2D eigenvalue weighted by atomic mass is 10.2. The molecular weight excluding hydrogens is 250 g/mol. The molecule has 0 spiro atoms. The fraction of sp³-hybridized carbons (Fsp3) is 0.188. The summed E-state index contributed by atoms with van der Waals surface area (Å²) in [5.41, 5.74) is 2.76. The number of nitrogens with one attached hydrogen (secondary N) is 2. The molecule has 0 aliphatic carbocycles. The van der Waals surface area contributed by atoms with Crippen LogP contribution in [0.1, 0.15) is 5.56 Å². The maximum absolute atomic E-state index is 11.8. The third-order valence-corrected chi connectivity index (χ3v) is 2.74. The van der Waals surface area contributed by atoms with Gasteiger partial charge in [0.25, 0.3) is 0 Å². The van der Waals surface area contributed by atoms with Crippen LogP contribution in [0.5, 0.6) is 0 Å². The van der Waals surface area contributed by atoms with Crippen molar-refractivity contribution in [2.45, 2.75) is 6.54 Å². The lowest BCUT2D eigenvalue weighted by Gasteiger charge is -2.11. The molecule has 0 atom stereocenters. The SMILES string of the molecule is CN(C)Cc1ccc(NC(=O)Nc2ccccc2)cc1. The van der Waals surface area contributed by atoms with Gasteiger partial charge in [0.2, 0.25) is 0 Å². The molecule has 2 rings (SSSR count). The summed E-state index contributed by atoms with van der Waals surface area (Å²) in [5, 5.41) is 5.59. The summed E-state index contributed by atoms with van der Waals surface area (Å²) >= 11 is 0. The molecule has 0 aliphatic heterocycles. The third-order valence-electron chi connectivity index (χ3n) is 2.74. The van der Waals surface area contributed by atoms with Crippen LogP contribution >= 0.6 is 0 Å². The van der Waals surface area contributed by atoms with Crippen LogP contribution in [0.4, 0.5) is 16.2 Å². The molecule has 2 N–H and O–H groups in total. The molecule has 2 aromatic rings. The molecule has 104 valence electrons. The van der Waals surface area contributed by atoms with Gasteiger partial charge in [-0.25, -0.2) is 4.79 Å². The van der Waals surface area contributed by atoms with Crippen LogP contribution in [-0.4, -0.2) is 25.0 Å². The van der Waals surface area contributed by atoms with E-state index in [0.717, 1.165) is 17.9 Å². The Morgan fingerprint density at radius 1 is 0.900 bits per heavy atom. The molecule has 0 fully saturated rings. The number of rotatable bonds is 4. The van der Waals surface area contributed by atoms with Crippen molar-refractivity contribution >= 4 is 17.4 Å². The molecule has 0 bridgehead atoms. The normalized spacial score (nSPS) is 10.3.